The van der Waals surface area contributed by atoms with Crippen LogP contribution in [-0.2, 0) is 0 Å². The maximum absolute atomic E-state index is 5.56. The number of rotatable bonds is 3. The number of fused-ring (bicyclic) bond motifs is 13. The minimum Gasteiger partial charge on any atom is -0.308 e. The Hall–Kier alpha value is -7.04. The highest BCUT2D eigenvalue weighted by Gasteiger charge is 2.25. The molecule has 0 amide bonds. The zero-order chi connectivity index (χ0) is 33.9. The van der Waals surface area contributed by atoms with Crippen LogP contribution >= 0.6 is 0 Å². The summed E-state index contributed by atoms with van der Waals surface area (Å²) in [7, 11) is 0. The second-order valence-electron chi connectivity index (χ2n) is 13.8. The normalized spacial score (nSPS) is 12.2. The van der Waals surface area contributed by atoms with Gasteiger partial charge in [-0.2, -0.15) is 0 Å². The molecule has 12 aromatic rings. The standard InChI is InChI=1S/C48H28N4/c1-2-12-29(13-3-1)30-22-24-32(25-23-30)46-43-33-15-5-4-14-31(33)26-27-38(43)49-48(50-46)52-41-21-11-7-17-35(41)44-42(52)28-37-34-16-6-9-19-39(34)51-40-20-10-8-18-36(40)45(44)47(37)51/h1-28H. The Morgan fingerprint density at radius 3 is 1.75 bits per heavy atom. The minimum atomic E-state index is 0.665. The molecule has 4 aromatic heterocycles. The molecular formula is C48H28N4. The summed E-state index contributed by atoms with van der Waals surface area (Å²) in [4.78, 5) is 11.0. The first-order chi connectivity index (χ1) is 25.8. The lowest BCUT2D eigenvalue weighted by molar-refractivity contribution is 1.02. The van der Waals surface area contributed by atoms with E-state index < -0.39 is 0 Å². The van der Waals surface area contributed by atoms with Gasteiger partial charge in [0.2, 0.25) is 5.95 Å². The Labute approximate surface area is 297 Å². The van der Waals surface area contributed by atoms with Crippen LogP contribution in [0.4, 0.5) is 0 Å². The number of nitrogens with zero attached hydrogens (tertiary/aromatic N) is 4. The number of aromatic nitrogens is 4. The van der Waals surface area contributed by atoms with Gasteiger partial charge < -0.3 is 4.40 Å². The van der Waals surface area contributed by atoms with Gasteiger partial charge >= 0.3 is 0 Å². The first kappa shape index (κ1) is 27.7. The van der Waals surface area contributed by atoms with Gasteiger partial charge in [0.1, 0.15) is 0 Å². The number of benzene rings is 8. The third kappa shape index (κ3) is 3.65. The largest absolute Gasteiger partial charge is 0.308 e. The van der Waals surface area contributed by atoms with Crippen LogP contribution in [0.2, 0.25) is 0 Å². The van der Waals surface area contributed by atoms with E-state index in [-0.39, 0.29) is 0 Å². The van der Waals surface area contributed by atoms with Gasteiger partial charge in [-0.1, -0.05) is 140 Å². The summed E-state index contributed by atoms with van der Waals surface area (Å²) in [6.07, 6.45) is 0. The van der Waals surface area contributed by atoms with Crippen molar-refractivity contribution in [3.63, 3.8) is 0 Å². The number of para-hydroxylation sites is 3. The topological polar surface area (TPSA) is 35.1 Å². The van der Waals surface area contributed by atoms with Crippen LogP contribution in [0, 0.1) is 0 Å². The maximum atomic E-state index is 5.56. The van der Waals surface area contributed by atoms with Crippen molar-refractivity contribution in [2.45, 2.75) is 0 Å². The average molecular weight is 661 g/mol. The number of hydrogen-bond acceptors (Lipinski definition) is 2. The Bertz CT molecular complexity index is 3390. The molecule has 0 aliphatic carbocycles. The molecule has 52 heavy (non-hydrogen) atoms. The van der Waals surface area contributed by atoms with E-state index in [2.05, 4.69) is 179 Å². The molecule has 0 atom stereocenters. The van der Waals surface area contributed by atoms with Crippen molar-refractivity contribution in [2.75, 3.05) is 0 Å². The third-order valence-corrected chi connectivity index (χ3v) is 11.0. The van der Waals surface area contributed by atoms with Gasteiger partial charge in [-0.15, -0.1) is 0 Å². The van der Waals surface area contributed by atoms with E-state index >= 15 is 0 Å². The summed E-state index contributed by atoms with van der Waals surface area (Å²) >= 11 is 0. The second-order valence-corrected chi connectivity index (χ2v) is 13.8. The average Bonchev–Trinajstić information content (AvgIpc) is 3.85. The fourth-order valence-corrected chi connectivity index (χ4v) is 8.83. The van der Waals surface area contributed by atoms with Crippen molar-refractivity contribution >= 4 is 81.6 Å². The van der Waals surface area contributed by atoms with E-state index in [1.165, 1.54) is 65.4 Å². The van der Waals surface area contributed by atoms with Crippen molar-refractivity contribution in [3.8, 4) is 28.3 Å². The smallest absolute Gasteiger partial charge is 0.235 e. The summed E-state index contributed by atoms with van der Waals surface area (Å²) in [6, 6.07) is 60.9. The minimum absolute atomic E-state index is 0.665. The van der Waals surface area contributed by atoms with Crippen molar-refractivity contribution < 1.29 is 0 Å². The molecule has 240 valence electrons. The van der Waals surface area contributed by atoms with Crippen LogP contribution in [-0.4, -0.2) is 18.9 Å². The van der Waals surface area contributed by atoms with E-state index in [4.69, 9.17) is 9.97 Å². The lowest BCUT2D eigenvalue weighted by atomic mass is 9.98. The first-order valence-corrected chi connectivity index (χ1v) is 17.8. The van der Waals surface area contributed by atoms with Gasteiger partial charge in [0.25, 0.3) is 0 Å². The molecular weight excluding hydrogens is 633 g/mol. The quantitative estimate of drug-likeness (QED) is 0.177. The molecule has 0 aliphatic rings. The molecule has 0 saturated heterocycles. The third-order valence-electron chi connectivity index (χ3n) is 11.0. The van der Waals surface area contributed by atoms with Gasteiger partial charge in [0.05, 0.1) is 38.8 Å². The molecule has 0 N–H and O–H groups in total. The van der Waals surface area contributed by atoms with Crippen LogP contribution < -0.4 is 0 Å². The molecule has 4 nitrogen and oxygen atoms in total. The van der Waals surface area contributed by atoms with Gasteiger partial charge in [-0.3, -0.25) is 4.57 Å². The Morgan fingerprint density at radius 1 is 0.365 bits per heavy atom. The van der Waals surface area contributed by atoms with E-state index in [0.29, 0.717) is 5.95 Å². The summed E-state index contributed by atoms with van der Waals surface area (Å²) in [6.45, 7) is 0. The highest BCUT2D eigenvalue weighted by molar-refractivity contribution is 6.35. The fraction of sp³-hybridized carbons (Fsp3) is 0. The van der Waals surface area contributed by atoms with Crippen molar-refractivity contribution in [1.29, 1.82) is 0 Å². The Balaban J connectivity index is 1.22. The molecule has 0 bridgehead atoms. The molecule has 0 radical (unpaired) electrons. The van der Waals surface area contributed by atoms with Gasteiger partial charge in [-0.25, -0.2) is 9.97 Å². The molecule has 0 fully saturated rings. The predicted molar refractivity (Wildman–Crippen MR) is 217 cm³/mol. The van der Waals surface area contributed by atoms with E-state index in [0.717, 1.165) is 38.6 Å². The van der Waals surface area contributed by atoms with Crippen LogP contribution in [0.25, 0.3) is 110 Å². The molecule has 0 saturated carbocycles. The highest BCUT2D eigenvalue weighted by Crippen LogP contribution is 2.46. The lowest BCUT2D eigenvalue weighted by Gasteiger charge is -2.14. The van der Waals surface area contributed by atoms with Crippen molar-refractivity contribution in [2.24, 2.45) is 0 Å². The monoisotopic (exact) mass is 660 g/mol. The Morgan fingerprint density at radius 2 is 0.962 bits per heavy atom. The molecule has 0 unspecified atom stereocenters. The molecule has 4 heterocycles. The maximum Gasteiger partial charge on any atom is 0.235 e. The molecule has 0 spiro atoms. The van der Waals surface area contributed by atoms with E-state index in [1.54, 1.807) is 0 Å². The molecule has 0 aliphatic heterocycles. The zero-order valence-electron chi connectivity index (χ0n) is 28.0. The summed E-state index contributed by atoms with van der Waals surface area (Å²) in [5.74, 6) is 0.665. The van der Waals surface area contributed by atoms with Crippen molar-refractivity contribution in [1.82, 2.24) is 18.9 Å². The van der Waals surface area contributed by atoms with Gasteiger partial charge in [-0.05, 0) is 52.2 Å². The van der Waals surface area contributed by atoms with Gasteiger partial charge in [0.15, 0.2) is 0 Å². The molecule has 4 heteroatoms. The molecule has 12 rings (SSSR count). The second kappa shape index (κ2) is 10.3. The van der Waals surface area contributed by atoms with Crippen LogP contribution in [0.15, 0.2) is 170 Å². The number of hydrogen-bond donors (Lipinski definition) is 0. The molecule has 8 aromatic carbocycles. The van der Waals surface area contributed by atoms with Crippen molar-refractivity contribution in [3.05, 3.63) is 170 Å². The zero-order valence-corrected chi connectivity index (χ0v) is 28.0. The van der Waals surface area contributed by atoms with E-state index in [1.807, 2.05) is 0 Å². The van der Waals surface area contributed by atoms with Gasteiger partial charge in [0, 0.05) is 43.3 Å². The summed E-state index contributed by atoms with van der Waals surface area (Å²) in [5, 5.41) is 10.8. The van der Waals surface area contributed by atoms with Crippen LogP contribution in [0.3, 0.4) is 0 Å². The summed E-state index contributed by atoms with van der Waals surface area (Å²) in [5.41, 5.74) is 11.2. The lowest BCUT2D eigenvalue weighted by Crippen LogP contribution is -2.03. The van der Waals surface area contributed by atoms with Crippen LogP contribution in [0.1, 0.15) is 0 Å². The predicted octanol–water partition coefficient (Wildman–Crippen LogP) is 12.4. The fourth-order valence-electron chi connectivity index (χ4n) is 8.83. The first-order valence-electron chi connectivity index (χ1n) is 17.8. The Kier molecular flexibility index (Phi) is 5.47. The summed E-state index contributed by atoms with van der Waals surface area (Å²) < 4.78 is 4.75. The highest BCUT2D eigenvalue weighted by atomic mass is 15.2. The van der Waals surface area contributed by atoms with Crippen LogP contribution in [0.5, 0.6) is 0 Å². The SMILES string of the molecule is c1ccc(-c2ccc(-c3nc(-n4c5ccccc5c5c6c7ccccc7n7c8ccccc8c(cc54)c67)nc4ccc5ccccc5c34)cc2)cc1. The van der Waals surface area contributed by atoms with E-state index in [9.17, 15) is 0 Å².